The van der Waals surface area contributed by atoms with Crippen LogP contribution >= 0.6 is 0 Å². The van der Waals surface area contributed by atoms with Gasteiger partial charge in [0.1, 0.15) is 0 Å². The minimum Gasteiger partial charge on any atom is -0.481 e. The molecule has 2 heterocycles. The smallest absolute Gasteiger partial charge is 0.320 e. The largest absolute Gasteiger partial charge is 0.481 e. The van der Waals surface area contributed by atoms with E-state index >= 15 is 0 Å². The van der Waals surface area contributed by atoms with Crippen molar-refractivity contribution >= 4 is 17.9 Å². The summed E-state index contributed by atoms with van der Waals surface area (Å²) in [6.07, 6.45) is 2.54. The molecule has 2 saturated heterocycles. The van der Waals surface area contributed by atoms with Gasteiger partial charge < -0.3 is 20.6 Å². The Hall–Kier alpha value is -1.79. The number of aliphatic carboxylic acids is 1. The number of hydrogen-bond acceptors (Lipinski definition) is 3. The molecule has 0 spiro atoms. The Morgan fingerprint density at radius 1 is 0.950 bits per heavy atom. The zero-order chi connectivity index (χ0) is 14.7. The molecule has 0 aromatic heterocycles. The van der Waals surface area contributed by atoms with Crippen LogP contribution in [-0.2, 0) is 9.59 Å². The molecule has 2 fully saturated rings. The summed E-state index contributed by atoms with van der Waals surface area (Å²) in [6, 6.07) is -0.112. The molecule has 0 radical (unpaired) electrons. The predicted molar refractivity (Wildman–Crippen MR) is 70.8 cm³/mol. The standard InChI is InChI=1S/C13H21N3O4/c14-11(17)9-3-6-15(7-4-9)13(20)16-5-1-2-10(8-16)12(18)19/h9-10H,1-8H2,(H2,14,17)(H,18,19)/t10-/m0/s1. The molecule has 3 N–H and O–H groups in total. The van der Waals surface area contributed by atoms with Gasteiger partial charge in [0.15, 0.2) is 0 Å². The molecule has 0 bridgehead atoms. The SMILES string of the molecule is NC(=O)C1CCN(C(=O)N2CCC[C@H](C(=O)O)C2)CC1. The van der Waals surface area contributed by atoms with Crippen molar-refractivity contribution in [1.29, 1.82) is 0 Å². The van der Waals surface area contributed by atoms with E-state index in [1.54, 1.807) is 9.80 Å². The Bertz CT molecular complexity index is 404. The number of hydrogen-bond donors (Lipinski definition) is 2. The molecule has 0 aromatic rings. The number of likely N-dealkylation sites (tertiary alicyclic amines) is 2. The first-order chi connectivity index (χ1) is 9.49. The van der Waals surface area contributed by atoms with Crippen molar-refractivity contribution in [3.63, 3.8) is 0 Å². The fraction of sp³-hybridized carbons (Fsp3) is 0.769. The summed E-state index contributed by atoms with van der Waals surface area (Å²) in [5.41, 5.74) is 5.26. The lowest BCUT2D eigenvalue weighted by atomic mass is 9.96. The Labute approximate surface area is 117 Å². The number of nitrogens with zero attached hydrogens (tertiary/aromatic N) is 2. The van der Waals surface area contributed by atoms with E-state index in [1.807, 2.05) is 0 Å². The average Bonchev–Trinajstić information content (AvgIpc) is 2.46. The van der Waals surface area contributed by atoms with Crippen molar-refractivity contribution in [3.8, 4) is 0 Å². The number of primary amides is 1. The Kier molecular flexibility index (Phi) is 4.46. The van der Waals surface area contributed by atoms with E-state index in [9.17, 15) is 14.4 Å². The van der Waals surface area contributed by atoms with Gasteiger partial charge in [0.2, 0.25) is 5.91 Å². The van der Waals surface area contributed by atoms with Gasteiger partial charge in [-0.05, 0) is 25.7 Å². The second-order valence-electron chi connectivity index (χ2n) is 5.57. The molecular weight excluding hydrogens is 262 g/mol. The summed E-state index contributed by atoms with van der Waals surface area (Å²) >= 11 is 0. The van der Waals surface area contributed by atoms with Crippen LogP contribution < -0.4 is 5.73 Å². The average molecular weight is 283 g/mol. The maximum atomic E-state index is 12.3. The van der Waals surface area contributed by atoms with Crippen LogP contribution in [0.5, 0.6) is 0 Å². The van der Waals surface area contributed by atoms with Gasteiger partial charge in [-0.25, -0.2) is 4.79 Å². The van der Waals surface area contributed by atoms with E-state index < -0.39 is 11.9 Å². The molecule has 2 aliphatic rings. The fourth-order valence-corrected chi connectivity index (χ4v) is 2.91. The summed E-state index contributed by atoms with van der Waals surface area (Å²) in [5, 5.41) is 9.04. The number of carboxylic acids is 1. The van der Waals surface area contributed by atoms with Crippen molar-refractivity contribution < 1.29 is 19.5 Å². The second-order valence-corrected chi connectivity index (χ2v) is 5.57. The van der Waals surface area contributed by atoms with Crippen molar-refractivity contribution in [1.82, 2.24) is 9.80 Å². The molecule has 0 aliphatic carbocycles. The lowest BCUT2D eigenvalue weighted by Crippen LogP contribution is -2.51. The highest BCUT2D eigenvalue weighted by Crippen LogP contribution is 2.21. The summed E-state index contributed by atoms with van der Waals surface area (Å²) in [5.74, 6) is -1.75. The summed E-state index contributed by atoms with van der Waals surface area (Å²) in [7, 11) is 0. The van der Waals surface area contributed by atoms with Crippen molar-refractivity contribution in [3.05, 3.63) is 0 Å². The van der Waals surface area contributed by atoms with Crippen molar-refractivity contribution in [2.24, 2.45) is 17.6 Å². The topological polar surface area (TPSA) is 104 Å². The molecule has 7 heteroatoms. The van der Waals surface area contributed by atoms with Crippen LogP contribution in [0.2, 0.25) is 0 Å². The van der Waals surface area contributed by atoms with Crippen LogP contribution in [0.25, 0.3) is 0 Å². The lowest BCUT2D eigenvalue weighted by Gasteiger charge is -2.37. The number of nitrogens with two attached hydrogens (primary N) is 1. The Morgan fingerprint density at radius 3 is 2.15 bits per heavy atom. The third-order valence-electron chi connectivity index (χ3n) is 4.21. The molecule has 20 heavy (non-hydrogen) atoms. The minimum atomic E-state index is -0.838. The van der Waals surface area contributed by atoms with Crippen LogP contribution in [0.15, 0.2) is 0 Å². The van der Waals surface area contributed by atoms with Crippen LogP contribution in [0, 0.1) is 11.8 Å². The molecule has 2 aliphatic heterocycles. The van der Waals surface area contributed by atoms with Crippen LogP contribution in [-0.4, -0.2) is 59.0 Å². The molecule has 2 rings (SSSR count). The highest BCUT2D eigenvalue weighted by atomic mass is 16.4. The summed E-state index contributed by atoms with van der Waals surface area (Å²) in [4.78, 5) is 37.8. The van der Waals surface area contributed by atoms with Crippen molar-refractivity contribution in [2.45, 2.75) is 25.7 Å². The second kappa shape index (κ2) is 6.11. The summed E-state index contributed by atoms with van der Waals surface area (Å²) in [6.45, 7) is 1.92. The Balaban J connectivity index is 1.88. The number of carboxylic acid groups (broad SMARTS) is 1. The minimum absolute atomic E-state index is 0.112. The molecule has 0 aromatic carbocycles. The number of urea groups is 1. The number of rotatable bonds is 2. The number of carbonyl (C=O) groups is 3. The summed E-state index contributed by atoms with van der Waals surface area (Å²) < 4.78 is 0. The number of amides is 3. The van der Waals surface area contributed by atoms with E-state index in [1.165, 1.54) is 0 Å². The van der Waals surface area contributed by atoms with E-state index in [2.05, 4.69) is 0 Å². The number of piperidine rings is 2. The van der Waals surface area contributed by atoms with E-state index in [-0.39, 0.29) is 24.4 Å². The molecule has 7 nitrogen and oxygen atoms in total. The van der Waals surface area contributed by atoms with Crippen LogP contribution in [0.1, 0.15) is 25.7 Å². The van der Waals surface area contributed by atoms with E-state index in [0.717, 1.165) is 6.42 Å². The highest BCUT2D eigenvalue weighted by molar-refractivity contribution is 5.79. The van der Waals surface area contributed by atoms with E-state index in [4.69, 9.17) is 10.8 Å². The van der Waals surface area contributed by atoms with Crippen LogP contribution in [0.3, 0.4) is 0 Å². The maximum Gasteiger partial charge on any atom is 0.320 e. The molecule has 112 valence electrons. The Morgan fingerprint density at radius 2 is 1.60 bits per heavy atom. The van der Waals surface area contributed by atoms with Crippen molar-refractivity contribution in [2.75, 3.05) is 26.2 Å². The molecule has 0 saturated carbocycles. The van der Waals surface area contributed by atoms with Gasteiger partial charge in [-0.15, -0.1) is 0 Å². The first kappa shape index (κ1) is 14.6. The lowest BCUT2D eigenvalue weighted by molar-refractivity contribution is -0.143. The zero-order valence-electron chi connectivity index (χ0n) is 11.5. The van der Waals surface area contributed by atoms with Gasteiger partial charge in [0.05, 0.1) is 5.92 Å². The predicted octanol–water partition coefficient (Wildman–Crippen LogP) is 0.100. The first-order valence-electron chi connectivity index (χ1n) is 7.05. The first-order valence-corrected chi connectivity index (χ1v) is 7.05. The quantitative estimate of drug-likeness (QED) is 0.750. The molecular formula is C13H21N3O4. The van der Waals surface area contributed by atoms with Gasteiger partial charge in [0, 0.05) is 32.1 Å². The molecule has 0 unspecified atom stereocenters. The zero-order valence-corrected chi connectivity index (χ0v) is 11.5. The maximum absolute atomic E-state index is 12.3. The van der Waals surface area contributed by atoms with E-state index in [0.29, 0.717) is 38.9 Å². The van der Waals surface area contributed by atoms with Gasteiger partial charge >= 0.3 is 12.0 Å². The normalized spacial score (nSPS) is 24.5. The fourth-order valence-electron chi connectivity index (χ4n) is 2.91. The van der Waals surface area contributed by atoms with Gasteiger partial charge in [-0.3, -0.25) is 9.59 Å². The molecule has 1 atom stereocenters. The van der Waals surface area contributed by atoms with Gasteiger partial charge in [-0.1, -0.05) is 0 Å². The van der Waals surface area contributed by atoms with Crippen LogP contribution in [0.4, 0.5) is 4.79 Å². The van der Waals surface area contributed by atoms with Gasteiger partial charge in [0.25, 0.3) is 0 Å². The van der Waals surface area contributed by atoms with Gasteiger partial charge in [-0.2, -0.15) is 0 Å². The monoisotopic (exact) mass is 283 g/mol. The third-order valence-corrected chi connectivity index (χ3v) is 4.21. The highest BCUT2D eigenvalue weighted by Gasteiger charge is 2.32. The molecule has 3 amide bonds. The third kappa shape index (κ3) is 3.20. The number of carbonyl (C=O) groups excluding carboxylic acids is 2.